The van der Waals surface area contributed by atoms with Crippen LogP contribution in [-0.4, -0.2) is 14.9 Å². The maximum Gasteiger partial charge on any atom is 0.307 e. The van der Waals surface area contributed by atoms with E-state index in [1.54, 1.807) is 12.3 Å². The fraction of sp³-hybridized carbons (Fsp3) is 0. The van der Waals surface area contributed by atoms with Crippen LogP contribution in [0, 0.1) is 10.1 Å². The summed E-state index contributed by atoms with van der Waals surface area (Å²) in [7, 11) is 0. The molecule has 5 nitrogen and oxygen atoms in total. The van der Waals surface area contributed by atoms with Crippen molar-refractivity contribution in [3.05, 3.63) is 39.8 Å². The van der Waals surface area contributed by atoms with Crippen LogP contribution in [0.25, 0.3) is 10.9 Å². The molecule has 0 bridgehead atoms. The van der Waals surface area contributed by atoms with Crippen LogP contribution < -0.4 is 0 Å². The molecule has 0 aliphatic carbocycles. The van der Waals surface area contributed by atoms with Crippen molar-refractivity contribution in [2.75, 3.05) is 0 Å². The van der Waals surface area contributed by atoms with Crippen LogP contribution in [0.4, 0.5) is 5.69 Å². The lowest BCUT2D eigenvalue weighted by molar-refractivity contribution is -0.384. The minimum atomic E-state index is -0.560. The Morgan fingerprint density at radius 2 is 2.29 bits per heavy atom. The number of fused-ring (bicyclic) bond motifs is 1. The highest BCUT2D eigenvalue weighted by Crippen LogP contribution is 2.25. The van der Waals surface area contributed by atoms with E-state index in [4.69, 9.17) is 11.6 Å². The Bertz CT molecular complexity index is 515. The van der Waals surface area contributed by atoms with E-state index < -0.39 is 4.92 Å². The third-order valence-electron chi connectivity index (χ3n) is 1.75. The summed E-state index contributed by atoms with van der Waals surface area (Å²) in [6.45, 7) is 0. The predicted octanol–water partition coefficient (Wildman–Crippen LogP) is 2.19. The van der Waals surface area contributed by atoms with E-state index in [-0.39, 0.29) is 10.8 Å². The number of pyridine rings is 2. The van der Waals surface area contributed by atoms with Crippen molar-refractivity contribution in [2.24, 2.45) is 0 Å². The summed E-state index contributed by atoms with van der Waals surface area (Å²) < 4.78 is 0. The van der Waals surface area contributed by atoms with Gasteiger partial charge in [-0.25, -0.2) is 4.98 Å². The van der Waals surface area contributed by atoms with E-state index in [0.29, 0.717) is 10.9 Å². The van der Waals surface area contributed by atoms with Gasteiger partial charge in [-0.3, -0.25) is 15.1 Å². The van der Waals surface area contributed by atoms with Gasteiger partial charge in [0.05, 0.1) is 16.6 Å². The van der Waals surface area contributed by atoms with E-state index >= 15 is 0 Å². The molecular formula is C8H4ClN3O2. The molecule has 14 heavy (non-hydrogen) atoms. The minimum absolute atomic E-state index is 0.115. The Morgan fingerprint density at radius 1 is 1.50 bits per heavy atom. The molecule has 0 radical (unpaired) electrons. The van der Waals surface area contributed by atoms with Gasteiger partial charge < -0.3 is 0 Å². The van der Waals surface area contributed by atoms with Gasteiger partial charge in [0.2, 0.25) is 5.15 Å². The van der Waals surface area contributed by atoms with Crippen molar-refractivity contribution in [2.45, 2.75) is 0 Å². The smallest absolute Gasteiger partial charge is 0.262 e. The molecule has 6 heteroatoms. The van der Waals surface area contributed by atoms with E-state index in [2.05, 4.69) is 9.97 Å². The van der Waals surface area contributed by atoms with Crippen molar-refractivity contribution in [1.29, 1.82) is 0 Å². The van der Waals surface area contributed by atoms with E-state index in [0.717, 1.165) is 0 Å². The average Bonchev–Trinajstić information content (AvgIpc) is 2.16. The Labute approximate surface area is 83.5 Å². The number of hydrogen-bond acceptors (Lipinski definition) is 4. The van der Waals surface area contributed by atoms with Crippen molar-refractivity contribution >= 4 is 28.2 Å². The van der Waals surface area contributed by atoms with Crippen LogP contribution in [0.2, 0.25) is 5.15 Å². The van der Waals surface area contributed by atoms with Crippen LogP contribution in [0.15, 0.2) is 24.5 Å². The molecule has 0 saturated carbocycles. The number of nitro groups is 1. The Kier molecular flexibility index (Phi) is 2.01. The molecule has 2 aromatic rings. The van der Waals surface area contributed by atoms with Crippen LogP contribution in [0.1, 0.15) is 0 Å². The first-order valence-corrected chi connectivity index (χ1v) is 4.11. The minimum Gasteiger partial charge on any atom is -0.262 e. The molecule has 0 aromatic carbocycles. The van der Waals surface area contributed by atoms with Gasteiger partial charge in [0.1, 0.15) is 0 Å². The second kappa shape index (κ2) is 3.19. The number of rotatable bonds is 1. The highest BCUT2D eigenvalue weighted by molar-refractivity contribution is 6.31. The van der Waals surface area contributed by atoms with Gasteiger partial charge in [-0.05, 0) is 6.07 Å². The van der Waals surface area contributed by atoms with E-state index in [1.807, 2.05) is 0 Å². The SMILES string of the molecule is O=[N+]([O-])c1cc2ccncc2nc1Cl. The largest absolute Gasteiger partial charge is 0.307 e. The lowest BCUT2D eigenvalue weighted by atomic mass is 10.2. The summed E-state index contributed by atoms with van der Waals surface area (Å²) in [5.74, 6) is 0. The van der Waals surface area contributed by atoms with Gasteiger partial charge >= 0.3 is 5.69 Å². The van der Waals surface area contributed by atoms with Crippen molar-refractivity contribution in [1.82, 2.24) is 9.97 Å². The molecule has 2 aromatic heterocycles. The molecule has 2 heterocycles. The number of halogens is 1. The molecule has 0 unspecified atom stereocenters. The molecule has 0 atom stereocenters. The van der Waals surface area contributed by atoms with Crippen molar-refractivity contribution in [3.8, 4) is 0 Å². The number of nitrogens with zero attached hydrogens (tertiary/aromatic N) is 3. The molecule has 70 valence electrons. The Balaban J connectivity index is 2.77. The quantitative estimate of drug-likeness (QED) is 0.410. The first-order valence-electron chi connectivity index (χ1n) is 3.73. The molecule has 2 rings (SSSR count). The molecule has 0 saturated heterocycles. The normalized spacial score (nSPS) is 10.4. The molecule has 0 amide bonds. The average molecular weight is 210 g/mol. The lowest BCUT2D eigenvalue weighted by Gasteiger charge is -1.97. The maximum absolute atomic E-state index is 10.5. The van der Waals surface area contributed by atoms with Gasteiger partial charge in [0.15, 0.2) is 0 Å². The number of hydrogen-bond donors (Lipinski definition) is 0. The molecular weight excluding hydrogens is 206 g/mol. The first-order chi connectivity index (χ1) is 6.68. The summed E-state index contributed by atoms with van der Waals surface area (Å²) in [6, 6.07) is 3.03. The highest BCUT2D eigenvalue weighted by Gasteiger charge is 2.14. The summed E-state index contributed by atoms with van der Waals surface area (Å²) in [4.78, 5) is 17.7. The second-order valence-electron chi connectivity index (χ2n) is 2.62. The second-order valence-corrected chi connectivity index (χ2v) is 2.98. The highest BCUT2D eigenvalue weighted by atomic mass is 35.5. The predicted molar refractivity (Wildman–Crippen MR) is 51.2 cm³/mol. The van der Waals surface area contributed by atoms with Gasteiger partial charge in [0, 0.05) is 17.6 Å². The maximum atomic E-state index is 10.5. The van der Waals surface area contributed by atoms with Crippen molar-refractivity contribution < 1.29 is 4.92 Å². The zero-order chi connectivity index (χ0) is 10.1. The van der Waals surface area contributed by atoms with Crippen LogP contribution >= 0.6 is 11.6 Å². The molecule has 0 aliphatic rings. The van der Waals surface area contributed by atoms with E-state index in [9.17, 15) is 10.1 Å². The Hall–Kier alpha value is -1.75. The summed E-state index contributed by atoms with van der Waals surface area (Å²) in [6.07, 6.45) is 3.05. The van der Waals surface area contributed by atoms with Crippen molar-refractivity contribution in [3.63, 3.8) is 0 Å². The summed E-state index contributed by atoms with van der Waals surface area (Å²) in [5, 5.41) is 11.1. The van der Waals surface area contributed by atoms with Gasteiger partial charge in [-0.15, -0.1) is 0 Å². The standard InChI is InChI=1S/C8H4ClN3O2/c9-8-7(12(13)14)3-5-1-2-10-4-6(5)11-8/h1-4H. The molecule has 0 aliphatic heterocycles. The fourth-order valence-corrected chi connectivity index (χ4v) is 1.32. The molecule has 0 fully saturated rings. The molecule has 0 spiro atoms. The first kappa shape index (κ1) is 8.83. The lowest BCUT2D eigenvalue weighted by Crippen LogP contribution is -1.92. The fourth-order valence-electron chi connectivity index (χ4n) is 1.11. The zero-order valence-electron chi connectivity index (χ0n) is 6.85. The number of aromatic nitrogens is 2. The summed E-state index contributed by atoms with van der Waals surface area (Å²) >= 11 is 5.62. The van der Waals surface area contributed by atoms with Gasteiger partial charge in [-0.1, -0.05) is 11.6 Å². The van der Waals surface area contributed by atoms with Crippen LogP contribution in [0.3, 0.4) is 0 Å². The topological polar surface area (TPSA) is 68.9 Å². The van der Waals surface area contributed by atoms with Crippen LogP contribution in [-0.2, 0) is 0 Å². The van der Waals surface area contributed by atoms with E-state index in [1.165, 1.54) is 12.3 Å². The third kappa shape index (κ3) is 1.38. The van der Waals surface area contributed by atoms with Gasteiger partial charge in [-0.2, -0.15) is 0 Å². The van der Waals surface area contributed by atoms with Crippen LogP contribution in [0.5, 0.6) is 0 Å². The molecule has 0 N–H and O–H groups in total. The third-order valence-corrected chi connectivity index (χ3v) is 2.03. The Morgan fingerprint density at radius 3 is 3.00 bits per heavy atom. The van der Waals surface area contributed by atoms with Gasteiger partial charge in [0.25, 0.3) is 0 Å². The summed E-state index contributed by atoms with van der Waals surface area (Å²) in [5.41, 5.74) is 0.355. The zero-order valence-corrected chi connectivity index (χ0v) is 7.60. The monoisotopic (exact) mass is 209 g/mol.